The number of aromatic hydroxyl groups is 1. The van der Waals surface area contributed by atoms with Crippen molar-refractivity contribution in [3.63, 3.8) is 0 Å². The standard InChI is InChI=1S/C25H20Cl2N4O3/c26-16-5-8-23(29-14-16)31-24(32)19-4-2-1-3-18(19)20(25(31)33)15-28-22-13-17(6-7-21(22)27)30-9-11-34-12-10-30/h1-8,13-15,33H,9-12H2. The summed E-state index contributed by atoms with van der Waals surface area (Å²) in [6.45, 7) is 2.91. The van der Waals surface area contributed by atoms with Gasteiger partial charge in [0.1, 0.15) is 5.82 Å². The van der Waals surface area contributed by atoms with Crippen molar-refractivity contribution in [3.8, 4) is 11.7 Å². The fraction of sp³-hybridized carbons (Fsp3) is 0.160. The summed E-state index contributed by atoms with van der Waals surface area (Å²) in [5.41, 5.74) is 1.52. The third-order valence-corrected chi connectivity index (χ3v) is 6.23. The van der Waals surface area contributed by atoms with Crippen LogP contribution in [0.25, 0.3) is 16.6 Å². The third kappa shape index (κ3) is 4.25. The van der Waals surface area contributed by atoms with Gasteiger partial charge in [-0.15, -0.1) is 0 Å². The molecule has 1 aliphatic heterocycles. The number of aliphatic imine (C=N–C) groups is 1. The van der Waals surface area contributed by atoms with Gasteiger partial charge in [0.15, 0.2) is 0 Å². The molecule has 172 valence electrons. The molecule has 1 aliphatic rings. The third-order valence-electron chi connectivity index (χ3n) is 5.68. The highest BCUT2D eigenvalue weighted by molar-refractivity contribution is 6.33. The second-order valence-corrected chi connectivity index (χ2v) is 8.60. The fourth-order valence-corrected chi connectivity index (χ4v) is 4.23. The molecule has 3 heterocycles. The molecule has 0 aliphatic carbocycles. The highest BCUT2D eigenvalue weighted by Gasteiger charge is 2.17. The number of hydrogen-bond donors (Lipinski definition) is 1. The molecule has 4 aromatic rings. The summed E-state index contributed by atoms with van der Waals surface area (Å²) in [7, 11) is 0. The van der Waals surface area contributed by atoms with Gasteiger partial charge in [-0.25, -0.2) is 9.55 Å². The van der Waals surface area contributed by atoms with Crippen molar-refractivity contribution in [2.45, 2.75) is 0 Å². The number of pyridine rings is 2. The van der Waals surface area contributed by atoms with Gasteiger partial charge in [0.25, 0.3) is 5.56 Å². The van der Waals surface area contributed by atoms with Crippen LogP contribution in [0.1, 0.15) is 5.56 Å². The Morgan fingerprint density at radius 2 is 1.79 bits per heavy atom. The van der Waals surface area contributed by atoms with Crippen LogP contribution in [0.3, 0.4) is 0 Å². The number of halogens is 2. The maximum atomic E-state index is 13.2. The topological polar surface area (TPSA) is 80.0 Å². The fourth-order valence-electron chi connectivity index (χ4n) is 3.95. The molecular formula is C25H20Cl2N4O3. The predicted molar refractivity (Wildman–Crippen MR) is 136 cm³/mol. The van der Waals surface area contributed by atoms with E-state index in [9.17, 15) is 9.90 Å². The molecule has 0 spiro atoms. The quantitative estimate of drug-likeness (QED) is 0.404. The number of hydrogen-bond acceptors (Lipinski definition) is 6. The molecule has 2 aromatic heterocycles. The molecule has 0 bridgehead atoms. The van der Waals surface area contributed by atoms with E-state index in [0.717, 1.165) is 23.3 Å². The first-order valence-corrected chi connectivity index (χ1v) is 11.4. The Labute approximate surface area is 205 Å². The summed E-state index contributed by atoms with van der Waals surface area (Å²) in [4.78, 5) is 24.2. The van der Waals surface area contributed by atoms with Crippen LogP contribution in [0.2, 0.25) is 10.0 Å². The number of morpholine rings is 1. The highest BCUT2D eigenvalue weighted by Crippen LogP contribution is 2.32. The van der Waals surface area contributed by atoms with Gasteiger partial charge in [0.05, 0.1) is 34.5 Å². The SMILES string of the molecule is O=c1c2ccccc2c(C=Nc2cc(N3CCOCC3)ccc2Cl)c(O)n1-c1ccc(Cl)cn1. The maximum absolute atomic E-state index is 13.2. The van der Waals surface area contributed by atoms with Gasteiger partial charge in [-0.2, -0.15) is 0 Å². The molecule has 9 heteroatoms. The average Bonchev–Trinajstić information content (AvgIpc) is 2.86. The van der Waals surface area contributed by atoms with E-state index in [-0.39, 0.29) is 11.7 Å². The van der Waals surface area contributed by atoms with E-state index in [0.29, 0.717) is 45.3 Å². The lowest BCUT2D eigenvalue weighted by molar-refractivity contribution is 0.122. The largest absolute Gasteiger partial charge is 0.494 e. The minimum Gasteiger partial charge on any atom is -0.494 e. The van der Waals surface area contributed by atoms with E-state index >= 15 is 0 Å². The summed E-state index contributed by atoms with van der Waals surface area (Å²) in [6.07, 6.45) is 2.94. The Bertz CT molecular complexity index is 1450. The number of ether oxygens (including phenoxy) is 1. The zero-order valence-corrected chi connectivity index (χ0v) is 19.5. The van der Waals surface area contributed by atoms with Crippen LogP contribution < -0.4 is 10.5 Å². The Balaban J connectivity index is 1.63. The average molecular weight is 495 g/mol. The molecule has 0 amide bonds. The number of rotatable bonds is 4. The van der Waals surface area contributed by atoms with Gasteiger partial charge >= 0.3 is 0 Å². The van der Waals surface area contributed by atoms with E-state index in [4.69, 9.17) is 27.9 Å². The lowest BCUT2D eigenvalue weighted by Gasteiger charge is -2.29. The van der Waals surface area contributed by atoms with Crippen molar-refractivity contribution in [1.82, 2.24) is 9.55 Å². The molecule has 0 radical (unpaired) electrons. The molecule has 2 aromatic carbocycles. The maximum Gasteiger partial charge on any atom is 0.267 e. The van der Waals surface area contributed by atoms with Crippen molar-refractivity contribution < 1.29 is 9.84 Å². The molecule has 0 unspecified atom stereocenters. The first-order chi connectivity index (χ1) is 16.5. The Kier molecular flexibility index (Phi) is 6.24. The molecule has 1 saturated heterocycles. The number of anilines is 1. The summed E-state index contributed by atoms with van der Waals surface area (Å²) >= 11 is 12.4. The van der Waals surface area contributed by atoms with E-state index in [1.807, 2.05) is 12.1 Å². The number of aromatic nitrogens is 2. The zero-order chi connectivity index (χ0) is 23.7. The van der Waals surface area contributed by atoms with Gasteiger partial charge in [-0.1, -0.05) is 41.4 Å². The molecular weight excluding hydrogens is 475 g/mol. The van der Waals surface area contributed by atoms with Crippen molar-refractivity contribution >= 4 is 51.6 Å². The summed E-state index contributed by atoms with van der Waals surface area (Å²) in [6, 6.07) is 15.9. The smallest absolute Gasteiger partial charge is 0.267 e. The molecule has 0 saturated carbocycles. The number of nitrogens with zero attached hydrogens (tertiary/aromatic N) is 4. The van der Waals surface area contributed by atoms with E-state index in [2.05, 4.69) is 14.9 Å². The summed E-state index contributed by atoms with van der Waals surface area (Å²) in [5.74, 6) is -0.0256. The van der Waals surface area contributed by atoms with Gasteiger partial charge < -0.3 is 14.7 Å². The Morgan fingerprint density at radius 1 is 1.03 bits per heavy atom. The van der Waals surface area contributed by atoms with Crippen LogP contribution in [0, 0.1) is 0 Å². The lowest BCUT2D eigenvalue weighted by atomic mass is 10.1. The number of fused-ring (bicyclic) bond motifs is 1. The minimum atomic E-state index is -0.396. The van der Waals surface area contributed by atoms with Crippen molar-refractivity contribution in [2.24, 2.45) is 4.99 Å². The molecule has 0 atom stereocenters. The summed E-state index contributed by atoms with van der Waals surface area (Å²) in [5, 5.41) is 13.0. The van der Waals surface area contributed by atoms with E-state index in [1.54, 1.807) is 42.5 Å². The van der Waals surface area contributed by atoms with Crippen LogP contribution in [0.5, 0.6) is 5.88 Å². The second kappa shape index (κ2) is 9.46. The number of benzene rings is 2. The van der Waals surface area contributed by atoms with E-state index in [1.165, 1.54) is 12.4 Å². The first kappa shape index (κ1) is 22.4. The van der Waals surface area contributed by atoms with Gasteiger partial charge in [0, 0.05) is 42.0 Å². The van der Waals surface area contributed by atoms with Crippen molar-refractivity contribution in [1.29, 1.82) is 0 Å². The van der Waals surface area contributed by atoms with Gasteiger partial charge in [-0.3, -0.25) is 9.79 Å². The summed E-state index contributed by atoms with van der Waals surface area (Å²) < 4.78 is 6.58. The van der Waals surface area contributed by atoms with Crippen LogP contribution >= 0.6 is 23.2 Å². The van der Waals surface area contributed by atoms with Crippen molar-refractivity contribution in [2.75, 3.05) is 31.2 Å². The van der Waals surface area contributed by atoms with Gasteiger partial charge in [0.2, 0.25) is 5.88 Å². The molecule has 5 rings (SSSR count). The van der Waals surface area contributed by atoms with Crippen LogP contribution in [0.4, 0.5) is 11.4 Å². The van der Waals surface area contributed by atoms with Crippen LogP contribution in [-0.4, -0.2) is 47.2 Å². The monoisotopic (exact) mass is 494 g/mol. The highest BCUT2D eigenvalue weighted by atomic mass is 35.5. The Hall–Kier alpha value is -3.39. The predicted octanol–water partition coefficient (Wildman–Crippen LogP) is 4.99. The molecule has 1 N–H and O–H groups in total. The van der Waals surface area contributed by atoms with Crippen molar-refractivity contribution in [3.05, 3.63) is 86.8 Å². The molecule has 34 heavy (non-hydrogen) atoms. The zero-order valence-electron chi connectivity index (χ0n) is 18.0. The Morgan fingerprint density at radius 3 is 2.53 bits per heavy atom. The first-order valence-electron chi connectivity index (χ1n) is 10.7. The van der Waals surface area contributed by atoms with Gasteiger partial charge in [-0.05, 0) is 36.4 Å². The minimum absolute atomic E-state index is 0.250. The van der Waals surface area contributed by atoms with Crippen LogP contribution in [-0.2, 0) is 4.74 Å². The second-order valence-electron chi connectivity index (χ2n) is 7.75. The molecule has 7 nitrogen and oxygen atoms in total. The molecule has 1 fully saturated rings. The lowest BCUT2D eigenvalue weighted by Crippen LogP contribution is -2.36. The normalized spacial score (nSPS) is 14.2. The van der Waals surface area contributed by atoms with E-state index < -0.39 is 5.56 Å². The van der Waals surface area contributed by atoms with Crippen LogP contribution in [0.15, 0.2) is 70.6 Å².